The van der Waals surface area contributed by atoms with Crippen LogP contribution in [0, 0.1) is 18.8 Å². The second-order valence-electron chi connectivity index (χ2n) is 9.03. The lowest BCUT2D eigenvalue weighted by Gasteiger charge is -2.36. The summed E-state index contributed by atoms with van der Waals surface area (Å²) in [5.41, 5.74) is 4.01. The predicted octanol–water partition coefficient (Wildman–Crippen LogP) is 8.83. The largest absolute Gasteiger partial charge is 0.482 e. The van der Waals surface area contributed by atoms with Crippen LogP contribution >= 0.6 is 9.24 Å². The minimum atomic E-state index is -0.00112. The Kier molecular flexibility index (Phi) is 9.26. The van der Waals surface area contributed by atoms with Crippen molar-refractivity contribution in [2.75, 3.05) is 0 Å². The summed E-state index contributed by atoms with van der Waals surface area (Å²) in [6.07, 6.45) is 13.1. The van der Waals surface area contributed by atoms with Crippen LogP contribution in [0.5, 0.6) is 5.75 Å². The maximum atomic E-state index is 6.08. The fraction of sp³-hybridized carbons (Fsp3) is 0.571. The van der Waals surface area contributed by atoms with Gasteiger partial charge in [0.15, 0.2) is 0 Å². The molecule has 2 aliphatic carbocycles. The van der Waals surface area contributed by atoms with E-state index < -0.39 is 0 Å². The molecule has 0 spiro atoms. The van der Waals surface area contributed by atoms with Crippen molar-refractivity contribution in [2.24, 2.45) is 11.8 Å². The van der Waals surface area contributed by atoms with Gasteiger partial charge in [-0.1, -0.05) is 97.2 Å². The highest BCUT2D eigenvalue weighted by Crippen LogP contribution is 2.43. The van der Waals surface area contributed by atoms with E-state index in [-0.39, 0.29) is 5.85 Å². The maximum absolute atomic E-state index is 6.08. The molecule has 0 heterocycles. The van der Waals surface area contributed by atoms with Crippen LogP contribution in [0.1, 0.15) is 100 Å². The second-order valence-corrected chi connectivity index (χ2v) is 9.63. The monoisotopic (exact) mass is 424 g/mol. The van der Waals surface area contributed by atoms with Gasteiger partial charge in [-0.05, 0) is 73.6 Å². The summed E-state index contributed by atoms with van der Waals surface area (Å²) in [4.78, 5) is 0. The normalized spacial score (nSPS) is 23.2. The van der Waals surface area contributed by atoms with Crippen molar-refractivity contribution in [2.45, 2.75) is 90.3 Å². The first-order valence-electron chi connectivity index (χ1n) is 12.3. The number of hydrogen-bond acceptors (Lipinski definition) is 1. The minimum Gasteiger partial charge on any atom is -0.482 e. The molecule has 0 bridgehead atoms. The molecule has 30 heavy (non-hydrogen) atoms. The van der Waals surface area contributed by atoms with E-state index in [9.17, 15) is 0 Å². The van der Waals surface area contributed by atoms with Gasteiger partial charge in [0.2, 0.25) is 0 Å². The molecule has 2 heteroatoms. The summed E-state index contributed by atoms with van der Waals surface area (Å²) in [5.74, 6) is 3.73. The zero-order valence-corrected chi connectivity index (χ0v) is 20.4. The van der Waals surface area contributed by atoms with Gasteiger partial charge in [0.05, 0.1) is 0 Å². The molecule has 0 amide bonds. The molecule has 1 nitrogen and oxygen atoms in total. The molecule has 4 rings (SSSR count). The van der Waals surface area contributed by atoms with Crippen LogP contribution in [-0.2, 0) is 0 Å². The van der Waals surface area contributed by atoms with Crippen LogP contribution in [-0.4, -0.2) is 0 Å². The first-order chi connectivity index (χ1) is 14.7. The molecule has 0 radical (unpaired) electrons. The SMILES string of the molecule is CC.Cc1ccc(OC(P)c2ccc(C3CCC(C4CCCCC4)CC3)cc2)cc1. The van der Waals surface area contributed by atoms with Crippen molar-refractivity contribution < 1.29 is 4.74 Å². The van der Waals surface area contributed by atoms with Crippen LogP contribution in [0.4, 0.5) is 0 Å². The highest BCUT2D eigenvalue weighted by Gasteiger charge is 2.29. The van der Waals surface area contributed by atoms with Gasteiger partial charge in [0.1, 0.15) is 11.6 Å². The molecule has 2 aromatic carbocycles. The molecule has 0 aromatic heterocycles. The van der Waals surface area contributed by atoms with Crippen molar-refractivity contribution in [1.29, 1.82) is 0 Å². The van der Waals surface area contributed by atoms with Gasteiger partial charge < -0.3 is 4.74 Å². The molecule has 0 saturated heterocycles. The summed E-state index contributed by atoms with van der Waals surface area (Å²) in [6, 6.07) is 17.5. The lowest BCUT2D eigenvalue weighted by atomic mass is 9.70. The molecule has 164 valence electrons. The standard InChI is InChI=1S/C26H35OP.C2H6/c1-19-7-17-25(18-8-19)27-26(28)24-15-13-23(14-16-24)22-11-9-21(10-12-22)20-5-3-2-4-6-20;1-2/h7-8,13-18,20-22,26H,2-6,9-12,28H2,1H3;1-2H3. The van der Waals surface area contributed by atoms with Crippen LogP contribution < -0.4 is 4.74 Å². The van der Waals surface area contributed by atoms with Crippen molar-refractivity contribution >= 4 is 9.24 Å². The highest BCUT2D eigenvalue weighted by molar-refractivity contribution is 7.16. The number of ether oxygens (including phenoxy) is 1. The van der Waals surface area contributed by atoms with E-state index in [1.165, 1.54) is 74.5 Å². The van der Waals surface area contributed by atoms with E-state index in [0.29, 0.717) is 0 Å². The van der Waals surface area contributed by atoms with Gasteiger partial charge >= 0.3 is 0 Å². The van der Waals surface area contributed by atoms with Crippen molar-refractivity contribution in [3.05, 3.63) is 65.2 Å². The molecule has 0 N–H and O–H groups in total. The van der Waals surface area contributed by atoms with Gasteiger partial charge in [-0.3, -0.25) is 0 Å². The summed E-state index contributed by atoms with van der Waals surface area (Å²) < 4.78 is 6.08. The van der Waals surface area contributed by atoms with Crippen LogP contribution in [0.15, 0.2) is 48.5 Å². The maximum Gasteiger partial charge on any atom is 0.136 e. The Balaban J connectivity index is 0.00000124. The Hall–Kier alpha value is -1.33. The Morgan fingerprint density at radius 2 is 1.30 bits per heavy atom. The molecule has 2 aromatic rings. The van der Waals surface area contributed by atoms with Crippen molar-refractivity contribution in [1.82, 2.24) is 0 Å². The van der Waals surface area contributed by atoms with Crippen LogP contribution in [0.25, 0.3) is 0 Å². The fourth-order valence-electron chi connectivity index (χ4n) is 5.32. The molecule has 2 fully saturated rings. The number of aryl methyl sites for hydroxylation is 1. The quantitative estimate of drug-likeness (QED) is 0.436. The van der Waals surface area contributed by atoms with Gasteiger partial charge in [-0.15, -0.1) is 0 Å². The molecule has 2 unspecified atom stereocenters. The third kappa shape index (κ3) is 6.34. The first kappa shape index (κ1) is 23.3. The van der Waals surface area contributed by atoms with E-state index >= 15 is 0 Å². The highest BCUT2D eigenvalue weighted by atomic mass is 31.0. The third-order valence-corrected chi connectivity index (χ3v) is 7.63. The zero-order valence-electron chi connectivity index (χ0n) is 19.3. The number of rotatable bonds is 5. The molecule has 2 aliphatic rings. The molecule has 2 saturated carbocycles. The Bertz CT molecular complexity index is 722. The van der Waals surface area contributed by atoms with Crippen LogP contribution in [0.3, 0.4) is 0 Å². The molecule has 0 aliphatic heterocycles. The van der Waals surface area contributed by atoms with Gasteiger partial charge in [-0.2, -0.15) is 0 Å². The average Bonchev–Trinajstić information content (AvgIpc) is 2.83. The predicted molar refractivity (Wildman–Crippen MR) is 133 cm³/mol. The van der Waals surface area contributed by atoms with E-state index in [1.807, 2.05) is 26.0 Å². The first-order valence-corrected chi connectivity index (χ1v) is 12.9. The number of hydrogen-bond donors (Lipinski definition) is 0. The number of benzene rings is 2. The van der Waals surface area contributed by atoms with Gasteiger partial charge in [0, 0.05) is 0 Å². The van der Waals surface area contributed by atoms with E-state index in [1.54, 1.807) is 0 Å². The summed E-state index contributed by atoms with van der Waals surface area (Å²) >= 11 is 0. The molecule has 2 atom stereocenters. The van der Waals surface area contributed by atoms with Crippen molar-refractivity contribution in [3.63, 3.8) is 0 Å². The van der Waals surface area contributed by atoms with Gasteiger partial charge in [-0.25, -0.2) is 0 Å². The Morgan fingerprint density at radius 3 is 1.90 bits per heavy atom. The second kappa shape index (κ2) is 11.9. The summed E-state index contributed by atoms with van der Waals surface area (Å²) in [5, 5.41) is 0. The lowest BCUT2D eigenvalue weighted by molar-refractivity contribution is 0.186. The Morgan fingerprint density at radius 1 is 0.733 bits per heavy atom. The smallest absolute Gasteiger partial charge is 0.136 e. The summed E-state index contributed by atoms with van der Waals surface area (Å²) in [7, 11) is 2.83. The molecular weight excluding hydrogens is 383 g/mol. The van der Waals surface area contributed by atoms with E-state index in [4.69, 9.17) is 4.74 Å². The van der Waals surface area contributed by atoms with E-state index in [2.05, 4.69) is 52.6 Å². The lowest BCUT2D eigenvalue weighted by Crippen LogP contribution is -2.23. The average molecular weight is 425 g/mol. The molecular formula is C28H41OP. The van der Waals surface area contributed by atoms with E-state index in [0.717, 1.165) is 23.5 Å². The topological polar surface area (TPSA) is 9.23 Å². The third-order valence-electron chi connectivity index (χ3n) is 7.11. The minimum absolute atomic E-state index is 0.00112. The van der Waals surface area contributed by atoms with Gasteiger partial charge in [0.25, 0.3) is 0 Å². The summed E-state index contributed by atoms with van der Waals surface area (Å²) in [6.45, 7) is 6.10. The van der Waals surface area contributed by atoms with Crippen molar-refractivity contribution in [3.8, 4) is 5.75 Å². The van der Waals surface area contributed by atoms with Crippen LogP contribution in [0.2, 0.25) is 0 Å². The Labute approximate surface area is 187 Å². The zero-order chi connectivity index (χ0) is 21.3. The fourth-order valence-corrected chi connectivity index (χ4v) is 5.70.